The van der Waals surface area contributed by atoms with Crippen LogP contribution in [0.3, 0.4) is 0 Å². The number of unbranched alkanes of at least 4 members (excludes halogenated alkanes) is 19. The van der Waals surface area contributed by atoms with Crippen molar-refractivity contribution in [2.75, 3.05) is 33.0 Å². The first-order valence-corrected chi connectivity index (χ1v) is 26.2. The normalized spacial score (nSPS) is 26.5. The molecule has 0 aromatic heterocycles. The van der Waals surface area contributed by atoms with Crippen LogP contribution in [0, 0.1) is 0 Å². The second-order valence-electron chi connectivity index (χ2n) is 18.3. The average molecular weight is 955 g/mol. The van der Waals surface area contributed by atoms with Crippen LogP contribution in [0.1, 0.15) is 181 Å². The van der Waals surface area contributed by atoms with Crippen molar-refractivity contribution >= 4 is 5.97 Å². The Hall–Kier alpha value is -2.05. The Labute approximate surface area is 403 Å². The van der Waals surface area contributed by atoms with Gasteiger partial charge in [0, 0.05) is 13.0 Å². The third-order valence-corrected chi connectivity index (χ3v) is 12.4. The van der Waals surface area contributed by atoms with Crippen LogP contribution < -0.4 is 0 Å². The van der Waals surface area contributed by atoms with Crippen LogP contribution >= 0.6 is 0 Å². The Kier molecular flexibility index (Phi) is 37.1. The fraction of sp³-hybridized carbons (Fsp3) is 0.830. The lowest BCUT2D eigenvalue weighted by Crippen LogP contribution is -2.61. The highest BCUT2D eigenvalue weighted by Gasteiger charge is 2.47. The molecule has 390 valence electrons. The summed E-state index contributed by atoms with van der Waals surface area (Å²) < 4.78 is 34.2. The van der Waals surface area contributed by atoms with Gasteiger partial charge in [0.1, 0.15) is 54.9 Å². The van der Waals surface area contributed by atoms with Gasteiger partial charge in [0.15, 0.2) is 12.6 Å². The highest BCUT2D eigenvalue weighted by atomic mass is 16.7. The van der Waals surface area contributed by atoms with Gasteiger partial charge in [-0.2, -0.15) is 0 Å². The number of carbonyl (C=O) groups excluding carboxylic acids is 1. The predicted octanol–water partition coefficient (Wildman–Crippen LogP) is 7.96. The number of carbonyl (C=O) groups is 1. The van der Waals surface area contributed by atoms with Crippen molar-refractivity contribution in [2.24, 2.45) is 0 Å². The van der Waals surface area contributed by atoms with Crippen molar-refractivity contribution in [3.8, 4) is 0 Å². The van der Waals surface area contributed by atoms with Gasteiger partial charge >= 0.3 is 5.97 Å². The number of aliphatic hydroxyl groups excluding tert-OH is 7. The van der Waals surface area contributed by atoms with Gasteiger partial charge in [-0.1, -0.05) is 172 Å². The van der Waals surface area contributed by atoms with E-state index in [1.165, 1.54) is 96.3 Å². The molecule has 0 radical (unpaired) electrons. The van der Waals surface area contributed by atoms with Gasteiger partial charge < -0.3 is 64.2 Å². The zero-order valence-electron chi connectivity index (χ0n) is 41.4. The molecule has 2 fully saturated rings. The molecule has 11 atom stereocenters. The van der Waals surface area contributed by atoms with Crippen LogP contribution in [0.5, 0.6) is 0 Å². The fourth-order valence-electron chi connectivity index (χ4n) is 8.10. The third-order valence-electron chi connectivity index (χ3n) is 12.4. The fourth-order valence-corrected chi connectivity index (χ4v) is 8.10. The Morgan fingerprint density at radius 3 is 1.49 bits per heavy atom. The number of esters is 1. The Balaban J connectivity index is 1.77. The highest BCUT2D eigenvalue weighted by Crippen LogP contribution is 2.26. The third kappa shape index (κ3) is 28.4. The van der Waals surface area contributed by atoms with E-state index in [0.29, 0.717) is 13.0 Å². The zero-order valence-corrected chi connectivity index (χ0v) is 41.4. The summed E-state index contributed by atoms with van der Waals surface area (Å²) in [6, 6.07) is 0. The molecule has 0 amide bonds. The molecule has 0 aromatic rings. The monoisotopic (exact) mass is 955 g/mol. The Morgan fingerprint density at radius 1 is 0.507 bits per heavy atom. The highest BCUT2D eigenvalue weighted by molar-refractivity contribution is 5.69. The lowest BCUT2D eigenvalue weighted by molar-refractivity contribution is -0.332. The van der Waals surface area contributed by atoms with Crippen molar-refractivity contribution in [2.45, 2.75) is 248 Å². The van der Waals surface area contributed by atoms with Gasteiger partial charge in [-0.05, 0) is 51.4 Å². The molecule has 2 aliphatic heterocycles. The molecule has 0 bridgehead atoms. The number of hydrogen-bond donors (Lipinski definition) is 7. The Morgan fingerprint density at radius 2 is 0.970 bits per heavy atom. The molecule has 2 heterocycles. The molecular formula is C53H94O14. The molecule has 2 aliphatic rings. The summed E-state index contributed by atoms with van der Waals surface area (Å²) in [4.78, 5) is 13.0. The predicted molar refractivity (Wildman–Crippen MR) is 261 cm³/mol. The van der Waals surface area contributed by atoms with Crippen LogP contribution in [0.2, 0.25) is 0 Å². The summed E-state index contributed by atoms with van der Waals surface area (Å²) in [7, 11) is 0. The van der Waals surface area contributed by atoms with Gasteiger partial charge in [0.25, 0.3) is 0 Å². The molecule has 0 aromatic carbocycles. The number of allylic oxidation sites excluding steroid dienone is 8. The topological polar surface area (TPSA) is 214 Å². The molecule has 14 heteroatoms. The minimum atomic E-state index is -1.71. The van der Waals surface area contributed by atoms with E-state index in [0.717, 1.165) is 57.8 Å². The molecule has 2 rings (SSSR count). The van der Waals surface area contributed by atoms with Gasteiger partial charge in [0.05, 0.1) is 26.4 Å². The minimum absolute atomic E-state index is 0.0459. The number of hydrogen-bond acceptors (Lipinski definition) is 14. The molecule has 7 N–H and O–H groups in total. The first kappa shape index (κ1) is 61.1. The van der Waals surface area contributed by atoms with Crippen LogP contribution in [-0.4, -0.2) is 142 Å². The van der Waals surface area contributed by atoms with E-state index in [1.807, 2.05) is 0 Å². The number of rotatable bonds is 41. The number of aliphatic hydroxyl groups is 7. The molecule has 0 spiro atoms. The van der Waals surface area contributed by atoms with Gasteiger partial charge in [-0.3, -0.25) is 4.79 Å². The number of ether oxygens (including phenoxy) is 6. The molecular weight excluding hydrogens is 861 g/mol. The molecule has 14 nitrogen and oxygen atoms in total. The molecule has 11 unspecified atom stereocenters. The average Bonchev–Trinajstić information content (AvgIpc) is 3.32. The van der Waals surface area contributed by atoms with E-state index in [-0.39, 0.29) is 19.6 Å². The lowest BCUT2D eigenvalue weighted by Gasteiger charge is -2.42. The van der Waals surface area contributed by atoms with E-state index in [9.17, 15) is 40.5 Å². The van der Waals surface area contributed by atoms with Crippen molar-refractivity contribution in [1.29, 1.82) is 0 Å². The van der Waals surface area contributed by atoms with E-state index in [2.05, 4.69) is 62.5 Å². The maximum atomic E-state index is 13.0. The van der Waals surface area contributed by atoms with Crippen molar-refractivity contribution in [3.05, 3.63) is 48.6 Å². The minimum Gasteiger partial charge on any atom is -0.457 e. The Bertz CT molecular complexity index is 1290. The zero-order chi connectivity index (χ0) is 48.7. The second kappa shape index (κ2) is 40.7. The van der Waals surface area contributed by atoms with Gasteiger partial charge in [-0.15, -0.1) is 0 Å². The van der Waals surface area contributed by atoms with Crippen LogP contribution in [0.25, 0.3) is 0 Å². The van der Waals surface area contributed by atoms with E-state index in [1.54, 1.807) is 0 Å². The van der Waals surface area contributed by atoms with E-state index < -0.39 is 86.7 Å². The summed E-state index contributed by atoms with van der Waals surface area (Å²) in [5.41, 5.74) is 0. The van der Waals surface area contributed by atoms with Gasteiger partial charge in [0.2, 0.25) is 0 Å². The summed E-state index contributed by atoms with van der Waals surface area (Å²) in [6.45, 7) is 3.53. The maximum Gasteiger partial charge on any atom is 0.306 e. The van der Waals surface area contributed by atoms with Crippen molar-refractivity contribution in [1.82, 2.24) is 0 Å². The lowest BCUT2D eigenvalue weighted by atomic mass is 9.98. The first-order chi connectivity index (χ1) is 32.6. The first-order valence-electron chi connectivity index (χ1n) is 26.2. The van der Waals surface area contributed by atoms with E-state index >= 15 is 0 Å². The molecule has 0 aliphatic carbocycles. The summed E-state index contributed by atoms with van der Waals surface area (Å²) in [6.07, 6.45) is 30.4. The van der Waals surface area contributed by atoms with Gasteiger partial charge in [-0.25, -0.2) is 0 Å². The molecule has 0 saturated carbocycles. The SMILES string of the molecule is CC/C=C\C/C=C\C/C=C\C/C=C\CCCCC(=O)OC(COCCCCCCCCCCCCCCCCCCCC)COC1OC(COC2OC(CO)C(O)C(O)C2O)C(O)C(O)C1O. The summed E-state index contributed by atoms with van der Waals surface area (Å²) in [5.74, 6) is -0.415. The standard InChI is InChI=1S/C53H94O14/c1-3-5-7-9-11-13-15-17-19-20-21-23-25-27-29-31-33-35-37-62-39-42(65-45(55)36-34-32-30-28-26-24-22-18-16-14-12-10-8-6-4-2)40-63-52-51(61)49(59)47(57)44(67-52)41-64-53-50(60)48(58)46(56)43(38-54)66-53/h6,8,12,14,18,22,26,28,42-44,46-54,56-61H,3-5,7,9-11,13,15-17,19-21,23-25,27,29-41H2,1-2H3/b8-6-,14-12-,22-18-,28-26-. The maximum absolute atomic E-state index is 13.0. The largest absolute Gasteiger partial charge is 0.457 e. The summed E-state index contributed by atoms with van der Waals surface area (Å²) >= 11 is 0. The molecule has 67 heavy (non-hydrogen) atoms. The van der Waals surface area contributed by atoms with Crippen molar-refractivity contribution in [3.63, 3.8) is 0 Å². The van der Waals surface area contributed by atoms with Crippen molar-refractivity contribution < 1.29 is 69.0 Å². The van der Waals surface area contributed by atoms with Crippen LogP contribution in [0.15, 0.2) is 48.6 Å². The second-order valence-corrected chi connectivity index (χ2v) is 18.3. The smallest absolute Gasteiger partial charge is 0.306 e. The molecule has 2 saturated heterocycles. The quantitative estimate of drug-likeness (QED) is 0.0176. The summed E-state index contributed by atoms with van der Waals surface area (Å²) in [5, 5.41) is 72.1. The van der Waals surface area contributed by atoms with Crippen LogP contribution in [0.4, 0.5) is 0 Å². The van der Waals surface area contributed by atoms with Crippen LogP contribution in [-0.2, 0) is 33.2 Å². The van der Waals surface area contributed by atoms with E-state index in [4.69, 9.17) is 28.4 Å².